The summed E-state index contributed by atoms with van der Waals surface area (Å²) in [6, 6.07) is -0.629. The summed E-state index contributed by atoms with van der Waals surface area (Å²) in [6.45, 7) is 4.54. The normalized spacial score (nSPS) is 13.7. The van der Waals surface area contributed by atoms with Crippen molar-refractivity contribution in [2.45, 2.75) is 187 Å². The average molecular weight is 839 g/mol. The average Bonchev–Trinajstić information content (AvgIpc) is 3.21. The van der Waals surface area contributed by atoms with Crippen molar-refractivity contribution in [1.29, 1.82) is 0 Å². The van der Waals surface area contributed by atoms with E-state index in [-0.39, 0.29) is 42.7 Å². The van der Waals surface area contributed by atoms with E-state index in [2.05, 4.69) is 98.9 Å². The number of esters is 2. The van der Waals surface area contributed by atoms with Crippen molar-refractivity contribution in [1.82, 2.24) is 0 Å². The summed E-state index contributed by atoms with van der Waals surface area (Å²) in [5, 5.41) is 9.63. The number of carbonyl (C=O) groups is 3. The number of carboxylic acid groups (broad SMARTS) is 1. The Kier molecular flexibility index (Phi) is 39.8. The van der Waals surface area contributed by atoms with Crippen LogP contribution in [0.5, 0.6) is 0 Å². The highest BCUT2D eigenvalue weighted by atomic mass is 16.6. The fourth-order valence-corrected chi connectivity index (χ4v) is 6.39. The monoisotopic (exact) mass is 839 g/mol. The molecule has 1 N–H and O–H groups in total. The molecule has 0 aromatic rings. The lowest BCUT2D eigenvalue weighted by atomic mass is 10.1. The Bertz CT molecular complexity index is 1250. The maximum absolute atomic E-state index is 12.8. The van der Waals surface area contributed by atoms with Gasteiger partial charge in [0, 0.05) is 19.3 Å². The molecule has 0 heterocycles. The minimum atomic E-state index is -0.887. The zero-order chi connectivity index (χ0) is 44.2. The molecule has 0 spiro atoms. The molecule has 342 valence electrons. The van der Waals surface area contributed by atoms with Crippen molar-refractivity contribution < 1.29 is 38.2 Å². The SMILES string of the molecule is CC/C=C/C/C=C/C/C=C/C/C=C/CCCCCCCCC(=O)OC(COCCC(C(=O)O)[N+](C)(C)C)COC(=O)CCC/C=C/C/C=C/C/C=C/CCCCCCCC. The van der Waals surface area contributed by atoms with E-state index in [9.17, 15) is 19.5 Å². The lowest BCUT2D eigenvalue weighted by molar-refractivity contribution is -0.887. The number of quaternary nitrogens is 1. The topological polar surface area (TPSA) is 99.1 Å². The zero-order valence-electron chi connectivity index (χ0n) is 38.9. The number of ether oxygens (including phenoxy) is 3. The quantitative estimate of drug-likeness (QED) is 0.0283. The lowest BCUT2D eigenvalue weighted by Gasteiger charge is -2.31. The van der Waals surface area contributed by atoms with Gasteiger partial charge in [-0.25, -0.2) is 4.79 Å². The molecular weight excluding hydrogens is 751 g/mol. The van der Waals surface area contributed by atoms with Gasteiger partial charge >= 0.3 is 17.9 Å². The lowest BCUT2D eigenvalue weighted by Crippen LogP contribution is -2.50. The molecule has 8 heteroatoms. The molecule has 0 fully saturated rings. The van der Waals surface area contributed by atoms with Gasteiger partial charge in [0.1, 0.15) is 6.61 Å². The highest BCUT2D eigenvalue weighted by molar-refractivity contribution is 5.72. The van der Waals surface area contributed by atoms with Crippen LogP contribution in [0.25, 0.3) is 0 Å². The fourth-order valence-electron chi connectivity index (χ4n) is 6.39. The number of hydrogen-bond acceptors (Lipinski definition) is 6. The van der Waals surface area contributed by atoms with Gasteiger partial charge in [0.15, 0.2) is 12.1 Å². The number of likely N-dealkylation sites (N-methyl/N-ethyl adjacent to an activating group) is 1. The minimum Gasteiger partial charge on any atom is -0.477 e. The first-order valence-corrected chi connectivity index (χ1v) is 23.6. The van der Waals surface area contributed by atoms with Crippen LogP contribution in [-0.4, -0.2) is 80.6 Å². The molecule has 2 atom stereocenters. The Balaban J connectivity index is 4.43. The van der Waals surface area contributed by atoms with Crippen molar-refractivity contribution in [3.63, 3.8) is 0 Å². The summed E-state index contributed by atoms with van der Waals surface area (Å²) < 4.78 is 17.2. The Hall–Kier alpha value is -3.49. The summed E-state index contributed by atoms with van der Waals surface area (Å²) >= 11 is 0. The van der Waals surface area contributed by atoms with Crippen molar-refractivity contribution >= 4 is 17.9 Å². The molecule has 0 aromatic heterocycles. The fraction of sp³-hybridized carbons (Fsp3) is 0.673. The van der Waals surface area contributed by atoms with Gasteiger partial charge in [0.2, 0.25) is 0 Å². The van der Waals surface area contributed by atoms with E-state index >= 15 is 0 Å². The van der Waals surface area contributed by atoms with E-state index in [1.165, 1.54) is 57.8 Å². The second kappa shape index (κ2) is 42.2. The van der Waals surface area contributed by atoms with Crippen LogP contribution in [0.4, 0.5) is 0 Å². The summed E-state index contributed by atoms with van der Waals surface area (Å²) in [5.41, 5.74) is 0. The Labute approximate surface area is 367 Å². The highest BCUT2D eigenvalue weighted by Gasteiger charge is 2.31. The molecule has 0 saturated heterocycles. The molecule has 0 aliphatic rings. The molecule has 0 amide bonds. The van der Waals surface area contributed by atoms with Crippen LogP contribution in [0.1, 0.15) is 174 Å². The molecular formula is C52H88NO7+. The van der Waals surface area contributed by atoms with Crippen LogP contribution in [0.15, 0.2) is 85.1 Å². The predicted octanol–water partition coefficient (Wildman–Crippen LogP) is 13.3. The second-order valence-electron chi connectivity index (χ2n) is 16.6. The van der Waals surface area contributed by atoms with E-state index in [1.54, 1.807) is 0 Å². The van der Waals surface area contributed by atoms with Gasteiger partial charge < -0.3 is 23.8 Å². The largest absolute Gasteiger partial charge is 0.477 e. The molecule has 0 aliphatic carbocycles. The van der Waals surface area contributed by atoms with Gasteiger partial charge in [-0.2, -0.15) is 0 Å². The van der Waals surface area contributed by atoms with Gasteiger partial charge in [0.25, 0.3) is 0 Å². The van der Waals surface area contributed by atoms with Crippen molar-refractivity contribution in [3.8, 4) is 0 Å². The van der Waals surface area contributed by atoms with Gasteiger partial charge in [-0.15, -0.1) is 0 Å². The zero-order valence-corrected chi connectivity index (χ0v) is 38.9. The number of hydrogen-bond donors (Lipinski definition) is 1. The predicted molar refractivity (Wildman–Crippen MR) is 252 cm³/mol. The molecule has 60 heavy (non-hydrogen) atoms. The van der Waals surface area contributed by atoms with Crippen LogP contribution in [0, 0.1) is 0 Å². The van der Waals surface area contributed by atoms with Crippen molar-refractivity contribution in [3.05, 3.63) is 85.1 Å². The third kappa shape index (κ3) is 39.9. The highest BCUT2D eigenvalue weighted by Crippen LogP contribution is 2.13. The molecule has 0 bridgehead atoms. The molecule has 0 rings (SSSR count). The summed E-state index contributed by atoms with van der Waals surface area (Å²) in [6.07, 6.45) is 54.9. The summed E-state index contributed by atoms with van der Waals surface area (Å²) in [5.74, 6) is -1.56. The van der Waals surface area contributed by atoms with Crippen molar-refractivity contribution in [2.24, 2.45) is 0 Å². The molecule has 8 nitrogen and oxygen atoms in total. The number of aliphatic carboxylic acids is 1. The minimum absolute atomic E-state index is 0.0347. The van der Waals surface area contributed by atoms with Crippen LogP contribution in [0.2, 0.25) is 0 Å². The van der Waals surface area contributed by atoms with E-state index in [0.717, 1.165) is 77.0 Å². The number of allylic oxidation sites excluding steroid dienone is 14. The van der Waals surface area contributed by atoms with Crippen LogP contribution < -0.4 is 0 Å². The Morgan fingerprint density at radius 2 is 0.950 bits per heavy atom. The Morgan fingerprint density at radius 3 is 1.43 bits per heavy atom. The maximum Gasteiger partial charge on any atom is 0.362 e. The molecule has 0 aliphatic heterocycles. The molecule has 0 radical (unpaired) electrons. The number of carboxylic acids is 1. The van der Waals surface area contributed by atoms with Gasteiger partial charge in [0.05, 0.1) is 34.4 Å². The van der Waals surface area contributed by atoms with Crippen LogP contribution in [0.3, 0.4) is 0 Å². The van der Waals surface area contributed by atoms with Gasteiger partial charge in [-0.3, -0.25) is 9.59 Å². The number of unbranched alkanes of at least 4 members (excludes halogenated alkanes) is 13. The first-order valence-electron chi connectivity index (χ1n) is 23.6. The van der Waals surface area contributed by atoms with Crippen LogP contribution in [-0.2, 0) is 28.6 Å². The molecule has 0 aromatic carbocycles. The van der Waals surface area contributed by atoms with Crippen LogP contribution >= 0.6 is 0 Å². The van der Waals surface area contributed by atoms with Gasteiger partial charge in [-0.05, 0) is 83.5 Å². The van der Waals surface area contributed by atoms with E-state index in [1.807, 2.05) is 21.1 Å². The molecule has 2 unspecified atom stereocenters. The first kappa shape index (κ1) is 56.5. The summed E-state index contributed by atoms with van der Waals surface area (Å²) in [7, 11) is 5.50. The van der Waals surface area contributed by atoms with E-state index in [0.29, 0.717) is 19.3 Å². The number of nitrogens with zero attached hydrogens (tertiary/aromatic N) is 1. The Morgan fingerprint density at radius 1 is 0.517 bits per heavy atom. The van der Waals surface area contributed by atoms with E-state index < -0.39 is 18.1 Å². The number of rotatable bonds is 41. The first-order chi connectivity index (χ1) is 29.1. The second-order valence-corrected chi connectivity index (χ2v) is 16.6. The molecule has 0 saturated carbocycles. The smallest absolute Gasteiger partial charge is 0.362 e. The van der Waals surface area contributed by atoms with E-state index in [4.69, 9.17) is 14.2 Å². The third-order valence-electron chi connectivity index (χ3n) is 10.0. The third-order valence-corrected chi connectivity index (χ3v) is 10.0. The van der Waals surface area contributed by atoms with Crippen molar-refractivity contribution in [2.75, 3.05) is 41.0 Å². The number of carbonyl (C=O) groups excluding carboxylic acids is 2. The standard InChI is InChI=1S/C52H87NO7/c1-6-8-10-12-14-16-18-20-22-24-25-27-29-31-33-35-37-39-41-43-51(55)60-48(46-58-45-44-49(52(56)57)53(3,4)5)47-59-50(54)42-40-38-36-34-32-30-28-26-23-21-19-17-15-13-11-9-7-2/h8,10,14,16,20-23,25,27-28,30,34,36,48-49H,6-7,9,11-13,15,17-19,24,26,29,31-33,35,37-47H2,1-5H3/p+1/b10-8+,16-14+,22-20+,23-21+,27-25+,30-28+,36-34+. The van der Waals surface area contributed by atoms with Gasteiger partial charge in [-0.1, -0.05) is 157 Å². The summed E-state index contributed by atoms with van der Waals surface area (Å²) in [4.78, 5) is 37.0. The maximum atomic E-state index is 12.8.